The van der Waals surface area contributed by atoms with Crippen LogP contribution in [0.1, 0.15) is 252 Å². The van der Waals surface area contributed by atoms with Crippen LogP contribution in [0.25, 0.3) is 0 Å². The highest BCUT2D eigenvalue weighted by Gasteiger charge is 2.19. The lowest BCUT2D eigenvalue weighted by Gasteiger charge is -2.18. The minimum Gasteiger partial charge on any atom is -0.462 e. The third-order valence-electron chi connectivity index (χ3n) is 11.9. The monoisotopic (exact) mass is 983 g/mol. The first-order valence-electron chi connectivity index (χ1n) is 29.0. The lowest BCUT2D eigenvalue weighted by molar-refractivity contribution is -0.167. The molecule has 71 heavy (non-hydrogen) atoms. The van der Waals surface area contributed by atoms with Gasteiger partial charge in [0.2, 0.25) is 0 Å². The topological polar surface area (TPSA) is 78.9 Å². The zero-order valence-corrected chi connectivity index (χ0v) is 45.9. The molecule has 1 unspecified atom stereocenters. The summed E-state index contributed by atoms with van der Waals surface area (Å²) in [6.45, 7) is 6.36. The van der Waals surface area contributed by atoms with Gasteiger partial charge in [-0.1, -0.05) is 226 Å². The summed E-state index contributed by atoms with van der Waals surface area (Å²) in [6.07, 6.45) is 80.4. The number of rotatable bonds is 51. The van der Waals surface area contributed by atoms with Gasteiger partial charge in [0.05, 0.1) is 0 Å². The zero-order chi connectivity index (χ0) is 51.4. The first kappa shape index (κ1) is 66.8. The van der Waals surface area contributed by atoms with Crippen molar-refractivity contribution in [1.29, 1.82) is 0 Å². The number of ether oxygens (including phenoxy) is 3. The predicted molar refractivity (Wildman–Crippen MR) is 306 cm³/mol. The average Bonchev–Trinajstić information content (AvgIpc) is 3.37. The van der Waals surface area contributed by atoms with Crippen molar-refractivity contribution in [3.63, 3.8) is 0 Å². The Morgan fingerprint density at radius 1 is 0.296 bits per heavy atom. The van der Waals surface area contributed by atoms with Crippen LogP contribution in [0.4, 0.5) is 0 Å². The fourth-order valence-electron chi connectivity index (χ4n) is 7.63. The Labute approximate surface area is 437 Å². The fraction of sp³-hybridized carbons (Fsp3) is 0.646. The van der Waals surface area contributed by atoms with E-state index in [1.807, 2.05) is 0 Å². The number of hydrogen-bond donors (Lipinski definition) is 0. The minimum absolute atomic E-state index is 0.101. The molecule has 0 aromatic heterocycles. The molecule has 402 valence electrons. The van der Waals surface area contributed by atoms with Crippen LogP contribution in [0, 0.1) is 0 Å². The molecular formula is C65H106O6. The molecule has 0 fully saturated rings. The molecule has 0 spiro atoms. The van der Waals surface area contributed by atoms with Gasteiger partial charge in [-0.2, -0.15) is 0 Å². The van der Waals surface area contributed by atoms with Crippen molar-refractivity contribution in [2.75, 3.05) is 13.2 Å². The summed E-state index contributed by atoms with van der Waals surface area (Å²) in [6, 6.07) is 0. The van der Waals surface area contributed by atoms with Crippen molar-refractivity contribution in [3.05, 3.63) is 122 Å². The van der Waals surface area contributed by atoms with Crippen LogP contribution in [-0.2, 0) is 28.6 Å². The van der Waals surface area contributed by atoms with Crippen LogP contribution in [0.2, 0.25) is 0 Å². The Morgan fingerprint density at radius 2 is 0.549 bits per heavy atom. The van der Waals surface area contributed by atoms with Gasteiger partial charge in [0.15, 0.2) is 6.10 Å². The summed E-state index contributed by atoms with van der Waals surface area (Å²) < 4.78 is 16.8. The molecule has 0 radical (unpaired) electrons. The number of carbonyl (C=O) groups excluding carboxylic acids is 3. The first-order chi connectivity index (χ1) is 35.0. The smallest absolute Gasteiger partial charge is 0.306 e. The van der Waals surface area contributed by atoms with E-state index in [4.69, 9.17) is 14.2 Å². The van der Waals surface area contributed by atoms with Gasteiger partial charge in [-0.15, -0.1) is 0 Å². The van der Waals surface area contributed by atoms with Gasteiger partial charge in [-0.25, -0.2) is 0 Å². The molecule has 0 saturated carbocycles. The maximum atomic E-state index is 12.9. The van der Waals surface area contributed by atoms with Crippen molar-refractivity contribution in [2.24, 2.45) is 0 Å². The van der Waals surface area contributed by atoms with Gasteiger partial charge in [0.25, 0.3) is 0 Å². The Bertz CT molecular complexity index is 1500. The summed E-state index contributed by atoms with van der Waals surface area (Å²) >= 11 is 0. The van der Waals surface area contributed by atoms with E-state index in [0.29, 0.717) is 12.8 Å². The number of hydrogen-bond acceptors (Lipinski definition) is 6. The van der Waals surface area contributed by atoms with Crippen molar-refractivity contribution in [2.45, 2.75) is 258 Å². The van der Waals surface area contributed by atoms with Crippen molar-refractivity contribution in [1.82, 2.24) is 0 Å². The van der Waals surface area contributed by atoms with Crippen LogP contribution >= 0.6 is 0 Å². The van der Waals surface area contributed by atoms with Crippen LogP contribution < -0.4 is 0 Å². The number of unbranched alkanes of at least 4 members (excludes halogenated alkanes) is 20. The lowest BCUT2D eigenvalue weighted by Crippen LogP contribution is -2.30. The molecule has 0 rings (SSSR count). The Kier molecular flexibility index (Phi) is 54.9. The van der Waals surface area contributed by atoms with Crippen molar-refractivity contribution >= 4 is 17.9 Å². The molecule has 6 nitrogen and oxygen atoms in total. The zero-order valence-electron chi connectivity index (χ0n) is 45.9. The van der Waals surface area contributed by atoms with Gasteiger partial charge in [0.1, 0.15) is 13.2 Å². The molecule has 1 atom stereocenters. The van der Waals surface area contributed by atoms with E-state index < -0.39 is 6.10 Å². The highest BCUT2D eigenvalue weighted by atomic mass is 16.6. The van der Waals surface area contributed by atoms with Gasteiger partial charge in [-0.3, -0.25) is 14.4 Å². The Balaban J connectivity index is 4.46. The quantitative estimate of drug-likeness (QED) is 0.0261. The van der Waals surface area contributed by atoms with Crippen LogP contribution in [0.5, 0.6) is 0 Å². The SMILES string of the molecule is CC/C=C\C/C=C\C/C=C\C/C=C\C/C=C\CCCCCC(=O)OC(COC(=O)CCCCCCC/C=C\CCCCCC)COC(=O)CCCCCCCCCC/C=C\C/C=C\C/C=C\C/C=C\CC. The number of esters is 3. The maximum Gasteiger partial charge on any atom is 0.306 e. The van der Waals surface area contributed by atoms with E-state index in [0.717, 1.165) is 141 Å². The van der Waals surface area contributed by atoms with Gasteiger partial charge in [-0.05, 0) is 128 Å². The third-order valence-corrected chi connectivity index (χ3v) is 11.9. The number of allylic oxidation sites excluding steroid dienone is 20. The van der Waals surface area contributed by atoms with E-state index in [1.165, 1.54) is 70.6 Å². The molecule has 0 aromatic carbocycles. The van der Waals surface area contributed by atoms with Crippen LogP contribution in [-0.4, -0.2) is 37.2 Å². The molecule has 0 saturated heterocycles. The summed E-state index contributed by atoms with van der Waals surface area (Å²) in [5, 5.41) is 0. The normalized spacial score (nSPS) is 13.0. The Hall–Kier alpha value is -4.19. The van der Waals surface area contributed by atoms with E-state index >= 15 is 0 Å². The molecule has 0 bridgehead atoms. The lowest BCUT2D eigenvalue weighted by atomic mass is 10.1. The standard InChI is InChI=1S/C65H106O6/c1-4-7-10-13-16-19-22-25-27-29-31-32-34-35-37-40-43-46-49-52-55-58-64(67)70-61-62(60-69-63(66)57-54-51-48-45-42-39-24-21-18-15-12-9-6-3)71-65(68)59-56-53-50-47-44-41-38-36-33-30-28-26-23-20-17-14-11-8-5-2/h7-8,10-11,16-17,19-21,24-28,31-33,36,41,44,62H,4-6,9,12-15,18,22-23,29-30,34-35,37-40,42-43,45-61H2,1-3H3/b10-7-,11-8-,19-16-,20-17-,24-21-,27-25-,28-26-,32-31-,36-33-,44-41-. The predicted octanol–water partition coefficient (Wildman–Crippen LogP) is 19.6. The van der Waals surface area contributed by atoms with Crippen LogP contribution in [0.3, 0.4) is 0 Å². The molecule has 6 heteroatoms. The second-order valence-electron chi connectivity index (χ2n) is 18.8. The molecular weight excluding hydrogens is 877 g/mol. The second-order valence-corrected chi connectivity index (χ2v) is 18.8. The largest absolute Gasteiger partial charge is 0.462 e. The van der Waals surface area contributed by atoms with Crippen molar-refractivity contribution in [3.8, 4) is 0 Å². The van der Waals surface area contributed by atoms with Gasteiger partial charge < -0.3 is 14.2 Å². The maximum absolute atomic E-state index is 12.9. The molecule has 0 heterocycles. The van der Waals surface area contributed by atoms with E-state index in [9.17, 15) is 14.4 Å². The molecule has 0 amide bonds. The van der Waals surface area contributed by atoms with E-state index in [1.54, 1.807) is 0 Å². The average molecular weight is 984 g/mol. The van der Waals surface area contributed by atoms with Crippen LogP contribution in [0.15, 0.2) is 122 Å². The summed E-state index contributed by atoms with van der Waals surface area (Å²) in [5.74, 6) is -0.951. The van der Waals surface area contributed by atoms with E-state index in [-0.39, 0.29) is 37.5 Å². The second kappa shape index (κ2) is 58.4. The first-order valence-corrected chi connectivity index (χ1v) is 29.0. The summed E-state index contributed by atoms with van der Waals surface area (Å²) in [5.41, 5.74) is 0. The summed E-state index contributed by atoms with van der Waals surface area (Å²) in [4.78, 5) is 38.2. The molecule has 0 aliphatic carbocycles. The molecule has 0 aliphatic heterocycles. The fourth-order valence-corrected chi connectivity index (χ4v) is 7.63. The molecule has 0 aromatic rings. The van der Waals surface area contributed by atoms with Crippen molar-refractivity contribution < 1.29 is 28.6 Å². The number of carbonyl (C=O) groups is 3. The molecule has 0 N–H and O–H groups in total. The highest BCUT2D eigenvalue weighted by molar-refractivity contribution is 5.71. The minimum atomic E-state index is -0.806. The van der Waals surface area contributed by atoms with Gasteiger partial charge >= 0.3 is 17.9 Å². The highest BCUT2D eigenvalue weighted by Crippen LogP contribution is 2.14. The Morgan fingerprint density at radius 3 is 0.887 bits per heavy atom. The van der Waals surface area contributed by atoms with Gasteiger partial charge in [0, 0.05) is 19.3 Å². The van der Waals surface area contributed by atoms with E-state index in [2.05, 4.69) is 142 Å². The third kappa shape index (κ3) is 56.6. The summed E-state index contributed by atoms with van der Waals surface area (Å²) in [7, 11) is 0. The molecule has 0 aliphatic rings.